The highest BCUT2D eigenvalue weighted by molar-refractivity contribution is 5.28. The number of nitriles is 1. The van der Waals surface area contributed by atoms with Crippen LogP contribution in [-0.4, -0.2) is 12.1 Å². The van der Waals surface area contributed by atoms with Gasteiger partial charge in [0, 0.05) is 6.04 Å². The number of nitrogens with one attached hydrogen (secondary N) is 1. The maximum absolute atomic E-state index is 9.80. The van der Waals surface area contributed by atoms with Crippen LogP contribution < -0.4 is 5.32 Å². The van der Waals surface area contributed by atoms with Gasteiger partial charge in [0.2, 0.25) is 0 Å². The zero-order valence-corrected chi connectivity index (χ0v) is 15.8. The maximum atomic E-state index is 9.80. The van der Waals surface area contributed by atoms with E-state index in [0.29, 0.717) is 5.92 Å². The van der Waals surface area contributed by atoms with E-state index in [4.69, 9.17) is 4.74 Å². The van der Waals surface area contributed by atoms with Crippen LogP contribution in [0.2, 0.25) is 0 Å². The Bertz CT molecular complexity index is 749. The lowest BCUT2D eigenvalue weighted by atomic mass is 9.82. The maximum Gasteiger partial charge on any atom is 0.160 e. The fourth-order valence-corrected chi connectivity index (χ4v) is 4.68. The highest BCUT2D eigenvalue weighted by Gasteiger charge is 2.40. The van der Waals surface area contributed by atoms with Crippen LogP contribution >= 0.6 is 0 Å². The smallest absolute Gasteiger partial charge is 0.160 e. The van der Waals surface area contributed by atoms with Crippen molar-refractivity contribution in [2.24, 2.45) is 5.92 Å². The zero-order chi connectivity index (χ0) is 18.5. The van der Waals surface area contributed by atoms with Gasteiger partial charge in [-0.1, -0.05) is 92.8 Å². The van der Waals surface area contributed by atoms with Gasteiger partial charge < -0.3 is 10.1 Å². The minimum Gasteiger partial charge on any atom is -0.352 e. The lowest BCUT2D eigenvalue weighted by molar-refractivity contribution is -0.0709. The topological polar surface area (TPSA) is 45.0 Å². The van der Waals surface area contributed by atoms with Gasteiger partial charge in [-0.25, -0.2) is 0 Å². The molecule has 1 N–H and O–H groups in total. The van der Waals surface area contributed by atoms with Gasteiger partial charge in [-0.05, 0) is 23.5 Å². The molecule has 3 heteroatoms. The molecule has 1 heterocycles. The molecule has 27 heavy (non-hydrogen) atoms. The van der Waals surface area contributed by atoms with Gasteiger partial charge in [0.1, 0.15) is 6.10 Å². The lowest BCUT2D eigenvalue weighted by Gasteiger charge is -2.42. The molecule has 2 fully saturated rings. The van der Waals surface area contributed by atoms with Crippen molar-refractivity contribution >= 4 is 0 Å². The van der Waals surface area contributed by atoms with Crippen molar-refractivity contribution < 1.29 is 4.74 Å². The summed E-state index contributed by atoms with van der Waals surface area (Å²) in [5.41, 5.74) is 2.34. The number of benzene rings is 2. The number of morpholine rings is 1. The standard InChI is InChI=1S/C24H28N2O/c25-17-22-21(16-18-10-4-1-5-11-18)26-23(19-12-6-2-7-13-19)24(27-22)20-14-8-3-9-15-20/h2-3,6-9,12-15,18,21-24,26H,1,4-5,10-11,16H2/t21-,22-,23+,24-/m0/s1. The molecule has 3 nitrogen and oxygen atoms in total. The molecular formula is C24H28N2O. The molecule has 2 aromatic rings. The van der Waals surface area contributed by atoms with Gasteiger partial charge >= 0.3 is 0 Å². The Kier molecular flexibility index (Phi) is 5.87. The van der Waals surface area contributed by atoms with Crippen molar-refractivity contribution in [1.29, 1.82) is 5.26 Å². The van der Waals surface area contributed by atoms with Crippen LogP contribution in [0.25, 0.3) is 0 Å². The summed E-state index contributed by atoms with van der Waals surface area (Å²) in [5.74, 6) is 0.709. The Morgan fingerprint density at radius 2 is 1.52 bits per heavy atom. The number of hydrogen-bond acceptors (Lipinski definition) is 3. The quantitative estimate of drug-likeness (QED) is 0.802. The number of ether oxygens (including phenoxy) is 1. The van der Waals surface area contributed by atoms with Gasteiger partial charge in [0.05, 0.1) is 12.1 Å². The average molecular weight is 361 g/mol. The third-order valence-electron chi connectivity index (χ3n) is 6.08. The van der Waals surface area contributed by atoms with Crippen LogP contribution in [0.5, 0.6) is 0 Å². The van der Waals surface area contributed by atoms with E-state index in [1.54, 1.807) is 0 Å². The SMILES string of the molecule is N#C[C@@H]1O[C@@H](c2ccccc2)[C@@H](c2ccccc2)N[C@H]1CC1CCCCC1. The van der Waals surface area contributed by atoms with Gasteiger partial charge in [-0.2, -0.15) is 5.26 Å². The van der Waals surface area contributed by atoms with Crippen molar-refractivity contribution in [3.05, 3.63) is 71.8 Å². The molecule has 0 spiro atoms. The molecule has 0 radical (unpaired) electrons. The number of rotatable bonds is 4. The second-order valence-electron chi connectivity index (χ2n) is 7.92. The van der Waals surface area contributed by atoms with E-state index < -0.39 is 6.10 Å². The summed E-state index contributed by atoms with van der Waals surface area (Å²) < 4.78 is 6.42. The normalized spacial score (nSPS) is 29.1. The Labute approximate surface area is 162 Å². The molecule has 1 saturated heterocycles. The van der Waals surface area contributed by atoms with Crippen LogP contribution in [0.3, 0.4) is 0 Å². The first-order valence-electron chi connectivity index (χ1n) is 10.3. The largest absolute Gasteiger partial charge is 0.352 e. The predicted octanol–water partition coefficient (Wildman–Crippen LogP) is 5.32. The van der Waals surface area contributed by atoms with E-state index in [2.05, 4.69) is 47.8 Å². The molecule has 0 bridgehead atoms. The molecule has 2 aromatic carbocycles. The summed E-state index contributed by atoms with van der Waals surface area (Å²) in [6.07, 6.45) is 7.05. The molecule has 1 saturated carbocycles. The van der Waals surface area contributed by atoms with Crippen LogP contribution in [0, 0.1) is 17.2 Å². The summed E-state index contributed by atoms with van der Waals surface area (Å²) >= 11 is 0. The molecule has 0 aromatic heterocycles. The van der Waals surface area contributed by atoms with Gasteiger partial charge in [0.15, 0.2) is 6.10 Å². The van der Waals surface area contributed by atoms with E-state index >= 15 is 0 Å². The highest BCUT2D eigenvalue weighted by atomic mass is 16.5. The monoisotopic (exact) mass is 360 g/mol. The van der Waals surface area contributed by atoms with Crippen molar-refractivity contribution in [2.45, 2.75) is 62.8 Å². The fourth-order valence-electron chi connectivity index (χ4n) is 4.68. The summed E-state index contributed by atoms with van der Waals surface area (Å²) in [6.45, 7) is 0. The first kappa shape index (κ1) is 18.2. The minimum atomic E-state index is -0.405. The molecule has 1 aliphatic carbocycles. The van der Waals surface area contributed by atoms with Crippen molar-refractivity contribution in [3.63, 3.8) is 0 Å². The highest BCUT2D eigenvalue weighted by Crippen LogP contribution is 2.39. The third kappa shape index (κ3) is 4.24. The van der Waals surface area contributed by atoms with E-state index in [-0.39, 0.29) is 18.2 Å². The van der Waals surface area contributed by atoms with E-state index in [1.807, 2.05) is 24.3 Å². The van der Waals surface area contributed by atoms with E-state index in [9.17, 15) is 5.26 Å². The minimum absolute atomic E-state index is 0.0618. The zero-order valence-electron chi connectivity index (χ0n) is 15.8. The molecule has 4 rings (SSSR count). The first-order chi connectivity index (χ1) is 13.3. The van der Waals surface area contributed by atoms with Crippen LogP contribution in [-0.2, 0) is 4.74 Å². The Hall–Kier alpha value is -2.15. The summed E-state index contributed by atoms with van der Waals surface area (Å²) in [6, 6.07) is 23.4. The molecular weight excluding hydrogens is 332 g/mol. The summed E-state index contributed by atoms with van der Waals surface area (Å²) in [7, 11) is 0. The Balaban J connectivity index is 1.60. The Morgan fingerprint density at radius 3 is 2.15 bits per heavy atom. The van der Waals surface area contributed by atoms with Crippen LogP contribution in [0.1, 0.15) is 61.8 Å². The summed E-state index contributed by atoms with van der Waals surface area (Å²) in [5, 5.41) is 13.6. The van der Waals surface area contributed by atoms with E-state index in [0.717, 1.165) is 12.0 Å². The van der Waals surface area contributed by atoms with Crippen molar-refractivity contribution in [2.75, 3.05) is 0 Å². The lowest BCUT2D eigenvalue weighted by Crippen LogP contribution is -2.51. The van der Waals surface area contributed by atoms with Crippen molar-refractivity contribution in [3.8, 4) is 6.07 Å². The van der Waals surface area contributed by atoms with E-state index in [1.165, 1.54) is 37.7 Å². The fraction of sp³-hybridized carbons (Fsp3) is 0.458. The predicted molar refractivity (Wildman–Crippen MR) is 107 cm³/mol. The number of nitrogens with zero attached hydrogens (tertiary/aromatic N) is 1. The average Bonchev–Trinajstić information content (AvgIpc) is 2.75. The second kappa shape index (κ2) is 8.69. The molecule has 2 aliphatic rings. The number of hydrogen-bond donors (Lipinski definition) is 1. The summed E-state index contributed by atoms with van der Waals surface area (Å²) in [4.78, 5) is 0. The first-order valence-corrected chi connectivity index (χ1v) is 10.3. The second-order valence-corrected chi connectivity index (χ2v) is 7.92. The van der Waals surface area contributed by atoms with Gasteiger partial charge in [-0.15, -0.1) is 0 Å². The third-order valence-corrected chi connectivity index (χ3v) is 6.08. The van der Waals surface area contributed by atoms with Crippen LogP contribution in [0.4, 0.5) is 0 Å². The molecule has 0 amide bonds. The van der Waals surface area contributed by atoms with Gasteiger partial charge in [-0.3, -0.25) is 0 Å². The molecule has 140 valence electrons. The van der Waals surface area contributed by atoms with Gasteiger partial charge in [0.25, 0.3) is 0 Å². The Morgan fingerprint density at radius 1 is 0.889 bits per heavy atom. The molecule has 1 aliphatic heterocycles. The molecule has 4 atom stereocenters. The van der Waals surface area contributed by atoms with Crippen molar-refractivity contribution in [1.82, 2.24) is 5.32 Å². The van der Waals surface area contributed by atoms with Crippen LogP contribution in [0.15, 0.2) is 60.7 Å². The molecule has 0 unspecified atom stereocenters.